The summed E-state index contributed by atoms with van der Waals surface area (Å²) in [6.07, 6.45) is 0. The zero-order valence-corrected chi connectivity index (χ0v) is 18.2. The predicted molar refractivity (Wildman–Crippen MR) is 112 cm³/mol. The molecule has 29 heavy (non-hydrogen) atoms. The normalized spacial score (nSPS) is 12.5. The summed E-state index contributed by atoms with van der Waals surface area (Å²) >= 11 is 0. The van der Waals surface area contributed by atoms with Crippen LogP contribution in [0.1, 0.15) is 42.7 Å². The highest BCUT2D eigenvalue weighted by atomic mass is 32.2. The van der Waals surface area contributed by atoms with Crippen LogP contribution >= 0.6 is 0 Å². The molecule has 0 spiro atoms. The minimum atomic E-state index is -3.53. The molecular formula is C21H28N2O5S. The number of hydrogen-bond donors (Lipinski definition) is 1. The molecule has 2 aromatic rings. The van der Waals surface area contributed by atoms with E-state index < -0.39 is 10.0 Å². The van der Waals surface area contributed by atoms with Crippen molar-refractivity contribution in [2.45, 2.75) is 31.7 Å². The summed E-state index contributed by atoms with van der Waals surface area (Å²) < 4.78 is 36.6. The van der Waals surface area contributed by atoms with Gasteiger partial charge in [0, 0.05) is 19.7 Å². The Morgan fingerprint density at radius 2 is 1.59 bits per heavy atom. The lowest BCUT2D eigenvalue weighted by molar-refractivity contribution is 0.0939. The lowest BCUT2D eigenvalue weighted by atomic mass is 10.1. The summed E-state index contributed by atoms with van der Waals surface area (Å²) in [6, 6.07) is 11.1. The van der Waals surface area contributed by atoms with Crippen LogP contribution in [-0.2, 0) is 10.0 Å². The molecule has 0 bridgehead atoms. The molecule has 2 rings (SSSR count). The van der Waals surface area contributed by atoms with Gasteiger partial charge in [-0.3, -0.25) is 4.79 Å². The van der Waals surface area contributed by atoms with E-state index in [2.05, 4.69) is 5.32 Å². The first kappa shape index (κ1) is 22.7. The van der Waals surface area contributed by atoms with Gasteiger partial charge in [-0.15, -0.1) is 0 Å². The fraction of sp³-hybridized carbons (Fsp3) is 0.381. The molecule has 0 aliphatic heterocycles. The van der Waals surface area contributed by atoms with Gasteiger partial charge >= 0.3 is 0 Å². The maximum Gasteiger partial charge on any atom is 0.251 e. The van der Waals surface area contributed by atoms with Crippen LogP contribution in [0.25, 0.3) is 0 Å². The molecule has 0 aliphatic carbocycles. The van der Waals surface area contributed by atoms with E-state index >= 15 is 0 Å². The van der Waals surface area contributed by atoms with Crippen molar-refractivity contribution in [2.24, 2.45) is 0 Å². The van der Waals surface area contributed by atoms with E-state index in [0.29, 0.717) is 30.3 Å². The van der Waals surface area contributed by atoms with E-state index in [1.165, 1.54) is 38.4 Å². The third-order valence-corrected chi connectivity index (χ3v) is 6.14. The molecule has 158 valence electrons. The molecule has 8 heteroatoms. The average molecular weight is 421 g/mol. The highest BCUT2D eigenvalue weighted by Gasteiger charge is 2.18. The van der Waals surface area contributed by atoms with Gasteiger partial charge in [0.1, 0.15) is 0 Å². The van der Waals surface area contributed by atoms with Crippen LogP contribution in [0.15, 0.2) is 47.4 Å². The average Bonchev–Trinajstić information content (AvgIpc) is 2.69. The van der Waals surface area contributed by atoms with Crippen molar-refractivity contribution < 1.29 is 22.7 Å². The van der Waals surface area contributed by atoms with Gasteiger partial charge in [0.15, 0.2) is 11.5 Å². The molecule has 1 unspecified atom stereocenters. The Morgan fingerprint density at radius 3 is 2.14 bits per heavy atom. The Bertz CT molecular complexity index is 940. The van der Waals surface area contributed by atoms with E-state index in [1.54, 1.807) is 0 Å². The number of amides is 1. The van der Waals surface area contributed by atoms with Crippen molar-refractivity contribution in [2.75, 3.05) is 27.3 Å². The van der Waals surface area contributed by atoms with Crippen LogP contribution in [0.5, 0.6) is 11.5 Å². The molecule has 7 nitrogen and oxygen atoms in total. The van der Waals surface area contributed by atoms with Gasteiger partial charge in [-0.05, 0) is 62.7 Å². The summed E-state index contributed by atoms with van der Waals surface area (Å²) in [5, 5.41) is 2.92. The largest absolute Gasteiger partial charge is 0.490 e. The van der Waals surface area contributed by atoms with Crippen LogP contribution in [-0.4, -0.2) is 45.9 Å². The summed E-state index contributed by atoms with van der Waals surface area (Å²) in [7, 11) is -0.602. The first-order valence-corrected chi connectivity index (χ1v) is 10.9. The smallest absolute Gasteiger partial charge is 0.251 e. The second kappa shape index (κ2) is 9.76. The summed E-state index contributed by atoms with van der Waals surface area (Å²) in [5.41, 5.74) is 1.25. The molecular weight excluding hydrogens is 392 g/mol. The summed E-state index contributed by atoms with van der Waals surface area (Å²) in [4.78, 5) is 12.7. The number of carbonyl (C=O) groups is 1. The molecule has 1 amide bonds. The van der Waals surface area contributed by atoms with Gasteiger partial charge < -0.3 is 14.8 Å². The minimum Gasteiger partial charge on any atom is -0.490 e. The molecule has 0 saturated carbocycles. The SMILES string of the molecule is CCOc1ccc(C(C)NC(=O)c2ccc(S(=O)(=O)N(C)C)cc2)cc1OCC. The van der Waals surface area contributed by atoms with Gasteiger partial charge in [0.25, 0.3) is 5.91 Å². The van der Waals surface area contributed by atoms with Crippen molar-refractivity contribution in [1.29, 1.82) is 0 Å². The molecule has 1 N–H and O–H groups in total. The number of sulfonamides is 1. The van der Waals surface area contributed by atoms with E-state index in [-0.39, 0.29) is 16.8 Å². The van der Waals surface area contributed by atoms with Gasteiger partial charge in [-0.2, -0.15) is 0 Å². The molecule has 1 atom stereocenters. The van der Waals surface area contributed by atoms with Crippen LogP contribution < -0.4 is 14.8 Å². The number of nitrogens with zero attached hydrogens (tertiary/aromatic N) is 1. The van der Waals surface area contributed by atoms with E-state index in [9.17, 15) is 13.2 Å². The van der Waals surface area contributed by atoms with E-state index in [0.717, 1.165) is 9.87 Å². The van der Waals surface area contributed by atoms with Gasteiger partial charge in [0.2, 0.25) is 10.0 Å². The van der Waals surface area contributed by atoms with Crippen molar-refractivity contribution in [3.63, 3.8) is 0 Å². The number of benzene rings is 2. The third-order valence-electron chi connectivity index (χ3n) is 4.31. The van der Waals surface area contributed by atoms with Crippen LogP contribution in [0, 0.1) is 0 Å². The molecule has 0 fully saturated rings. The van der Waals surface area contributed by atoms with Crippen LogP contribution in [0.2, 0.25) is 0 Å². The summed E-state index contributed by atoms with van der Waals surface area (Å²) in [6.45, 7) is 6.71. The third kappa shape index (κ3) is 5.48. The Morgan fingerprint density at radius 1 is 1.00 bits per heavy atom. The highest BCUT2D eigenvalue weighted by Crippen LogP contribution is 2.30. The number of ether oxygens (including phenoxy) is 2. The highest BCUT2D eigenvalue weighted by molar-refractivity contribution is 7.89. The maximum absolute atomic E-state index is 12.6. The topological polar surface area (TPSA) is 84.9 Å². The van der Waals surface area contributed by atoms with E-state index in [1.807, 2.05) is 39.0 Å². The van der Waals surface area contributed by atoms with Crippen molar-refractivity contribution in [3.05, 3.63) is 53.6 Å². The first-order valence-electron chi connectivity index (χ1n) is 9.43. The number of hydrogen-bond acceptors (Lipinski definition) is 5. The fourth-order valence-electron chi connectivity index (χ4n) is 2.69. The minimum absolute atomic E-state index is 0.139. The van der Waals surface area contributed by atoms with Gasteiger partial charge in [-0.25, -0.2) is 12.7 Å². The van der Waals surface area contributed by atoms with Crippen molar-refractivity contribution >= 4 is 15.9 Å². The Labute approximate surface area is 172 Å². The Hall–Kier alpha value is -2.58. The molecule has 0 saturated heterocycles. The Balaban J connectivity index is 2.15. The number of carbonyl (C=O) groups excluding carboxylic acids is 1. The van der Waals surface area contributed by atoms with E-state index in [4.69, 9.17) is 9.47 Å². The fourth-order valence-corrected chi connectivity index (χ4v) is 3.59. The quantitative estimate of drug-likeness (QED) is 0.673. The number of nitrogens with one attached hydrogen (secondary N) is 1. The predicted octanol–water partition coefficient (Wildman–Crippen LogP) is 3.23. The monoisotopic (exact) mass is 420 g/mol. The Kier molecular flexibility index (Phi) is 7.64. The summed E-state index contributed by atoms with van der Waals surface area (Å²) in [5.74, 6) is 0.999. The zero-order chi connectivity index (χ0) is 21.6. The second-order valence-electron chi connectivity index (χ2n) is 6.58. The van der Waals surface area contributed by atoms with Crippen molar-refractivity contribution in [1.82, 2.24) is 9.62 Å². The molecule has 0 aromatic heterocycles. The van der Waals surface area contributed by atoms with Gasteiger partial charge in [0.05, 0.1) is 24.2 Å². The zero-order valence-electron chi connectivity index (χ0n) is 17.4. The molecule has 0 aliphatic rings. The molecule has 0 heterocycles. The number of rotatable bonds is 9. The standard InChI is InChI=1S/C21H28N2O5S/c1-6-27-19-13-10-17(14-20(19)28-7-2)15(3)22-21(24)16-8-11-18(12-9-16)29(25,26)23(4)5/h8-15H,6-7H2,1-5H3,(H,22,24). The van der Waals surface area contributed by atoms with Crippen molar-refractivity contribution in [3.8, 4) is 11.5 Å². The molecule has 0 radical (unpaired) electrons. The molecule has 2 aromatic carbocycles. The maximum atomic E-state index is 12.6. The van der Waals surface area contributed by atoms with Gasteiger partial charge in [-0.1, -0.05) is 6.07 Å². The lowest BCUT2D eigenvalue weighted by Crippen LogP contribution is -2.27. The van der Waals surface area contributed by atoms with Crippen LogP contribution in [0.4, 0.5) is 0 Å². The lowest BCUT2D eigenvalue weighted by Gasteiger charge is -2.18. The first-order chi connectivity index (χ1) is 13.7. The van der Waals surface area contributed by atoms with Crippen LogP contribution in [0.3, 0.4) is 0 Å². The second-order valence-corrected chi connectivity index (χ2v) is 8.73.